The van der Waals surface area contributed by atoms with Crippen molar-refractivity contribution < 1.29 is 13.2 Å². The number of pyridine rings is 1. The minimum absolute atomic E-state index is 0.0606. The molecule has 0 radical (unpaired) electrons. The molecular formula is C11H15ClN2O3S. The third kappa shape index (κ3) is 2.83. The van der Waals surface area contributed by atoms with Gasteiger partial charge in [-0.05, 0) is 18.6 Å². The van der Waals surface area contributed by atoms with Gasteiger partial charge in [-0.1, -0.05) is 6.07 Å². The van der Waals surface area contributed by atoms with E-state index in [0.29, 0.717) is 25.6 Å². The quantitative estimate of drug-likeness (QED) is 0.786. The van der Waals surface area contributed by atoms with Crippen LogP contribution in [-0.2, 0) is 20.6 Å². The molecule has 1 unspecified atom stereocenters. The topological polar surface area (TPSA) is 59.5 Å². The molecule has 2 heterocycles. The minimum atomic E-state index is -3.52. The molecule has 2 rings (SSSR count). The predicted molar refractivity (Wildman–Crippen MR) is 68.0 cm³/mol. The lowest BCUT2D eigenvalue weighted by Crippen LogP contribution is -2.44. The Bertz CT molecular complexity index is 504. The summed E-state index contributed by atoms with van der Waals surface area (Å²) in [4.78, 5) is 3.97. The highest BCUT2D eigenvalue weighted by Crippen LogP contribution is 2.17. The summed E-state index contributed by atoms with van der Waals surface area (Å²) in [7, 11) is -3.52. The summed E-state index contributed by atoms with van der Waals surface area (Å²) >= 11 is 5.64. The van der Waals surface area contributed by atoms with E-state index in [4.69, 9.17) is 16.3 Å². The Morgan fingerprint density at radius 2 is 2.33 bits per heavy atom. The van der Waals surface area contributed by atoms with Gasteiger partial charge in [0.1, 0.15) is 0 Å². The summed E-state index contributed by atoms with van der Waals surface area (Å²) in [5.41, 5.74) is 0.797. The van der Waals surface area contributed by atoms with Gasteiger partial charge in [-0.25, -0.2) is 13.4 Å². The molecule has 0 aliphatic carbocycles. The molecule has 7 heteroatoms. The fourth-order valence-electron chi connectivity index (χ4n) is 1.78. The molecule has 0 aromatic carbocycles. The maximum Gasteiger partial charge on any atom is 0.260 e. The number of morpholine rings is 1. The first-order valence-electron chi connectivity index (χ1n) is 5.66. The molecule has 18 heavy (non-hydrogen) atoms. The summed E-state index contributed by atoms with van der Waals surface area (Å²) in [6.45, 7) is 3.00. The van der Waals surface area contributed by atoms with Crippen molar-refractivity contribution in [3.8, 4) is 0 Å². The molecule has 1 aromatic heterocycles. The largest absolute Gasteiger partial charge is 0.376 e. The summed E-state index contributed by atoms with van der Waals surface area (Å²) in [5.74, 6) is 0.321. The second-order valence-electron chi connectivity index (χ2n) is 4.18. The zero-order chi connectivity index (χ0) is 13.2. The van der Waals surface area contributed by atoms with Gasteiger partial charge in [0.05, 0.1) is 12.7 Å². The van der Waals surface area contributed by atoms with E-state index in [-0.39, 0.29) is 11.1 Å². The van der Waals surface area contributed by atoms with Crippen LogP contribution in [0.4, 0.5) is 0 Å². The Morgan fingerprint density at radius 3 is 2.89 bits per heavy atom. The molecule has 0 N–H and O–H groups in total. The van der Waals surface area contributed by atoms with Crippen molar-refractivity contribution in [2.45, 2.75) is 23.9 Å². The minimum Gasteiger partial charge on any atom is -0.376 e. The molecule has 5 nitrogen and oxygen atoms in total. The van der Waals surface area contributed by atoms with Crippen molar-refractivity contribution >= 4 is 21.6 Å². The number of hydrogen-bond acceptors (Lipinski definition) is 4. The number of rotatable bonds is 3. The second-order valence-corrected chi connectivity index (χ2v) is 6.33. The summed E-state index contributed by atoms with van der Waals surface area (Å²) in [6.07, 6.45) is 1.40. The molecule has 1 aliphatic heterocycles. The van der Waals surface area contributed by atoms with Crippen LogP contribution in [0.2, 0.25) is 0 Å². The molecule has 1 aromatic rings. The van der Waals surface area contributed by atoms with Gasteiger partial charge in [-0.3, -0.25) is 0 Å². The fourth-order valence-corrected chi connectivity index (χ4v) is 3.35. The van der Waals surface area contributed by atoms with Crippen LogP contribution in [0.15, 0.2) is 23.4 Å². The van der Waals surface area contributed by atoms with Gasteiger partial charge in [0.25, 0.3) is 10.0 Å². The van der Waals surface area contributed by atoms with Gasteiger partial charge >= 0.3 is 0 Å². The highest BCUT2D eigenvalue weighted by molar-refractivity contribution is 7.89. The fraction of sp³-hybridized carbons (Fsp3) is 0.545. The second kappa shape index (κ2) is 5.52. The molecule has 0 amide bonds. The van der Waals surface area contributed by atoms with Gasteiger partial charge in [0, 0.05) is 25.2 Å². The Hall–Kier alpha value is -0.690. The lowest BCUT2D eigenvalue weighted by Gasteiger charge is -2.29. The molecule has 0 saturated carbocycles. The van der Waals surface area contributed by atoms with Crippen LogP contribution in [0, 0.1) is 0 Å². The van der Waals surface area contributed by atoms with Crippen molar-refractivity contribution in [1.82, 2.24) is 9.29 Å². The number of hydrogen-bond donors (Lipinski definition) is 0. The smallest absolute Gasteiger partial charge is 0.260 e. The monoisotopic (exact) mass is 290 g/mol. The van der Waals surface area contributed by atoms with Gasteiger partial charge in [-0.15, -0.1) is 11.6 Å². The van der Waals surface area contributed by atoms with Gasteiger partial charge in [-0.2, -0.15) is 4.31 Å². The van der Waals surface area contributed by atoms with Crippen molar-refractivity contribution in [1.29, 1.82) is 0 Å². The molecular weight excluding hydrogens is 276 g/mol. The molecule has 100 valence electrons. The highest BCUT2D eigenvalue weighted by Gasteiger charge is 2.29. The molecule has 1 atom stereocenters. The predicted octanol–water partition coefficient (Wildman–Crippen LogP) is 1.23. The van der Waals surface area contributed by atoms with Crippen molar-refractivity contribution in [3.63, 3.8) is 0 Å². The number of halogens is 1. The molecule has 0 bridgehead atoms. The van der Waals surface area contributed by atoms with Gasteiger partial charge in [0.2, 0.25) is 0 Å². The summed E-state index contributed by atoms with van der Waals surface area (Å²) < 4.78 is 31.4. The van der Waals surface area contributed by atoms with E-state index >= 15 is 0 Å². The van der Waals surface area contributed by atoms with Gasteiger partial charge < -0.3 is 4.74 Å². The molecule has 1 aliphatic rings. The first kappa shape index (κ1) is 13.7. The van der Waals surface area contributed by atoms with Crippen molar-refractivity contribution in [2.75, 3.05) is 19.7 Å². The average molecular weight is 291 g/mol. The molecule has 1 fully saturated rings. The normalized spacial score (nSPS) is 22.0. The Labute approximate surface area is 112 Å². The van der Waals surface area contributed by atoms with Crippen LogP contribution in [0.3, 0.4) is 0 Å². The molecule has 1 saturated heterocycles. The van der Waals surface area contributed by atoms with E-state index in [1.54, 1.807) is 6.07 Å². The standard InChI is InChI=1S/C11H15ClN2O3S/c1-9-8-14(4-5-17-9)18(15,16)11-3-2-10(6-12)7-13-11/h2-3,7,9H,4-6,8H2,1H3. The van der Waals surface area contributed by atoms with Crippen LogP contribution in [0.25, 0.3) is 0 Å². The van der Waals surface area contributed by atoms with Crippen LogP contribution in [0.5, 0.6) is 0 Å². The van der Waals surface area contributed by atoms with Crippen molar-refractivity contribution in [2.24, 2.45) is 0 Å². The first-order valence-corrected chi connectivity index (χ1v) is 7.64. The average Bonchev–Trinajstić information content (AvgIpc) is 2.39. The zero-order valence-corrected chi connectivity index (χ0v) is 11.6. The number of alkyl halides is 1. The number of nitrogens with zero attached hydrogens (tertiary/aromatic N) is 2. The SMILES string of the molecule is CC1CN(S(=O)(=O)c2ccc(CCl)cn2)CCO1. The Morgan fingerprint density at radius 1 is 1.56 bits per heavy atom. The van der Waals surface area contributed by atoms with E-state index in [1.165, 1.54) is 16.6 Å². The van der Waals surface area contributed by atoms with Crippen molar-refractivity contribution in [3.05, 3.63) is 23.9 Å². The van der Waals surface area contributed by atoms with E-state index in [0.717, 1.165) is 5.56 Å². The maximum absolute atomic E-state index is 12.3. The maximum atomic E-state index is 12.3. The van der Waals surface area contributed by atoms with E-state index < -0.39 is 10.0 Å². The van der Waals surface area contributed by atoms with E-state index in [1.807, 2.05) is 6.92 Å². The lowest BCUT2D eigenvalue weighted by molar-refractivity contribution is 0.0101. The zero-order valence-electron chi connectivity index (χ0n) is 10.0. The van der Waals surface area contributed by atoms with E-state index in [9.17, 15) is 8.42 Å². The summed E-state index contributed by atoms with van der Waals surface area (Å²) in [6, 6.07) is 3.17. The van der Waals surface area contributed by atoms with Crippen LogP contribution in [-0.4, -0.2) is 43.5 Å². The Balaban J connectivity index is 2.23. The van der Waals surface area contributed by atoms with Gasteiger partial charge in [0.15, 0.2) is 5.03 Å². The number of ether oxygens (including phenoxy) is 1. The third-order valence-electron chi connectivity index (χ3n) is 2.76. The van der Waals surface area contributed by atoms with Crippen LogP contribution >= 0.6 is 11.6 Å². The Kier molecular flexibility index (Phi) is 4.21. The molecule has 0 spiro atoms. The third-order valence-corrected chi connectivity index (χ3v) is 4.85. The van der Waals surface area contributed by atoms with E-state index in [2.05, 4.69) is 4.98 Å². The summed E-state index contributed by atoms with van der Waals surface area (Å²) in [5, 5.41) is 0.0606. The van der Waals surface area contributed by atoms with Crippen LogP contribution in [0.1, 0.15) is 12.5 Å². The number of sulfonamides is 1. The first-order chi connectivity index (χ1) is 8.54. The highest BCUT2D eigenvalue weighted by atomic mass is 35.5. The lowest BCUT2D eigenvalue weighted by atomic mass is 10.3. The van der Waals surface area contributed by atoms with Crippen LogP contribution < -0.4 is 0 Å². The number of aromatic nitrogens is 1.